The quantitative estimate of drug-likeness (QED) is 0.477. The maximum Gasteiger partial charge on any atom is 0.336 e. The Labute approximate surface area is 152 Å². The first kappa shape index (κ1) is 21.4. The first-order valence-corrected chi connectivity index (χ1v) is 9.19. The molecule has 0 saturated carbocycles. The van der Waals surface area contributed by atoms with Gasteiger partial charge in [-0.1, -0.05) is 24.8 Å². The minimum Gasteiger partial charge on any atom is -0.466 e. The number of benzene rings is 1. The Morgan fingerprint density at radius 3 is 2.27 bits per heavy atom. The van der Waals surface area contributed by atoms with Crippen LogP contribution < -0.4 is 0 Å². The molecule has 0 fully saturated rings. The van der Waals surface area contributed by atoms with E-state index in [0.29, 0.717) is 0 Å². The van der Waals surface area contributed by atoms with Crippen LogP contribution in [0.4, 0.5) is 0 Å². The molecule has 0 N–H and O–H groups in total. The molecule has 8 nitrogen and oxygen atoms in total. The molecule has 1 rings (SSSR count). The molecular weight excluding hydrogens is 362 g/mol. The zero-order chi connectivity index (χ0) is 19.9. The van der Waals surface area contributed by atoms with Gasteiger partial charge in [0.25, 0.3) is 0 Å². The van der Waals surface area contributed by atoms with Gasteiger partial charge in [-0.2, -0.15) is 0 Å². The van der Waals surface area contributed by atoms with Crippen molar-refractivity contribution in [2.24, 2.45) is 0 Å². The van der Waals surface area contributed by atoms with Crippen molar-refractivity contribution < 1.29 is 32.3 Å². The number of esters is 2. The van der Waals surface area contributed by atoms with Crippen molar-refractivity contribution in [3.05, 3.63) is 42.5 Å². The average molecular weight is 383 g/mol. The zero-order valence-electron chi connectivity index (χ0n) is 14.8. The highest BCUT2D eigenvalue weighted by atomic mass is 32.2. The van der Waals surface area contributed by atoms with E-state index in [1.807, 2.05) is 0 Å². The average Bonchev–Trinajstić information content (AvgIpc) is 2.59. The van der Waals surface area contributed by atoms with Crippen LogP contribution in [0.1, 0.15) is 6.92 Å². The molecular formula is C17H21NO7S. The molecule has 0 heterocycles. The lowest BCUT2D eigenvalue weighted by atomic mass is 10.1. The number of likely N-dealkylation sites (N-methyl/N-ethyl adjacent to an activating group) is 1. The predicted octanol–water partition coefficient (Wildman–Crippen LogP) is 0.580. The highest BCUT2D eigenvalue weighted by molar-refractivity contribution is 7.92. The molecule has 1 aromatic carbocycles. The van der Waals surface area contributed by atoms with Crippen LogP contribution in [0.2, 0.25) is 0 Å². The topological polar surface area (TPSA) is 107 Å². The maximum atomic E-state index is 12.3. The molecule has 142 valence electrons. The van der Waals surface area contributed by atoms with E-state index < -0.39 is 39.5 Å². The third-order valence-corrected chi connectivity index (χ3v) is 5.04. The number of carbonyl (C=O) groups excluding carboxylic acids is 3. The predicted molar refractivity (Wildman–Crippen MR) is 92.8 cm³/mol. The van der Waals surface area contributed by atoms with E-state index in [2.05, 4.69) is 11.3 Å². The van der Waals surface area contributed by atoms with Crippen LogP contribution in [0.15, 0.2) is 47.4 Å². The number of methoxy groups -OCH3 is 1. The number of rotatable bonds is 8. The van der Waals surface area contributed by atoms with Gasteiger partial charge in [-0.05, 0) is 12.1 Å². The Morgan fingerprint density at radius 1 is 1.19 bits per heavy atom. The monoisotopic (exact) mass is 383 g/mol. The molecule has 0 aromatic heterocycles. The number of nitrogens with zero attached hydrogens (tertiary/aromatic N) is 1. The van der Waals surface area contributed by atoms with E-state index in [1.165, 1.54) is 19.2 Å². The third-order valence-electron chi connectivity index (χ3n) is 3.43. The van der Waals surface area contributed by atoms with E-state index in [9.17, 15) is 22.8 Å². The fraction of sp³-hybridized carbons (Fsp3) is 0.353. The maximum absolute atomic E-state index is 12.3. The molecule has 0 aliphatic carbocycles. The van der Waals surface area contributed by atoms with Gasteiger partial charge in [-0.15, -0.1) is 0 Å². The SMILES string of the molecule is C=C(C(=O)OC)C(CN(C)C(=O)CS(=O)(=O)c1ccccc1)OC(C)=O. The number of ether oxygens (including phenoxy) is 2. The molecule has 9 heteroatoms. The number of sulfone groups is 1. The molecule has 0 aliphatic heterocycles. The summed E-state index contributed by atoms with van der Waals surface area (Å²) in [6.07, 6.45) is -1.15. The van der Waals surface area contributed by atoms with Gasteiger partial charge in [0.2, 0.25) is 5.91 Å². The second kappa shape index (κ2) is 9.14. The molecule has 0 bridgehead atoms. The summed E-state index contributed by atoms with van der Waals surface area (Å²) in [4.78, 5) is 36.2. The Morgan fingerprint density at radius 2 is 1.77 bits per heavy atom. The number of amides is 1. The van der Waals surface area contributed by atoms with E-state index >= 15 is 0 Å². The lowest BCUT2D eigenvalue weighted by Crippen LogP contribution is -2.41. The zero-order valence-corrected chi connectivity index (χ0v) is 15.6. The molecule has 1 amide bonds. The molecule has 0 aliphatic rings. The summed E-state index contributed by atoms with van der Waals surface area (Å²) in [5, 5.41) is 0. The third kappa shape index (κ3) is 5.99. The van der Waals surface area contributed by atoms with Crippen LogP contribution >= 0.6 is 0 Å². The summed E-state index contributed by atoms with van der Waals surface area (Å²) >= 11 is 0. The second-order valence-electron chi connectivity index (χ2n) is 5.46. The van der Waals surface area contributed by atoms with Gasteiger partial charge in [0.1, 0.15) is 5.75 Å². The molecule has 0 spiro atoms. The van der Waals surface area contributed by atoms with Gasteiger partial charge in [-0.3, -0.25) is 9.59 Å². The lowest BCUT2D eigenvalue weighted by molar-refractivity contribution is -0.149. The van der Waals surface area contributed by atoms with E-state index in [-0.39, 0.29) is 17.0 Å². The van der Waals surface area contributed by atoms with Gasteiger partial charge in [0.05, 0.1) is 24.1 Å². The van der Waals surface area contributed by atoms with Crippen LogP contribution in [0.3, 0.4) is 0 Å². The molecule has 26 heavy (non-hydrogen) atoms. The van der Waals surface area contributed by atoms with Crippen molar-refractivity contribution in [2.75, 3.05) is 26.5 Å². The first-order valence-electron chi connectivity index (χ1n) is 7.54. The Balaban J connectivity index is 2.86. The van der Waals surface area contributed by atoms with Crippen LogP contribution in [0.25, 0.3) is 0 Å². The van der Waals surface area contributed by atoms with Crippen molar-refractivity contribution in [3.8, 4) is 0 Å². The summed E-state index contributed by atoms with van der Waals surface area (Å²) in [5.74, 6) is -2.96. The first-order chi connectivity index (χ1) is 12.1. The summed E-state index contributed by atoms with van der Waals surface area (Å²) in [6, 6.07) is 7.55. The minimum atomic E-state index is -3.82. The second-order valence-corrected chi connectivity index (χ2v) is 7.45. The van der Waals surface area contributed by atoms with Crippen molar-refractivity contribution in [1.82, 2.24) is 4.90 Å². The van der Waals surface area contributed by atoms with Gasteiger partial charge in [0.15, 0.2) is 15.9 Å². The van der Waals surface area contributed by atoms with Gasteiger partial charge >= 0.3 is 11.9 Å². The standard InChI is InChI=1S/C17H21NO7S/c1-12(17(21)24-4)15(25-13(2)19)10-18(3)16(20)11-26(22,23)14-8-6-5-7-9-14/h5-9,15H,1,10-11H2,2-4H3. The lowest BCUT2D eigenvalue weighted by Gasteiger charge is -2.24. The molecule has 1 atom stereocenters. The summed E-state index contributed by atoms with van der Waals surface area (Å²) in [5.41, 5.74) is -0.159. The van der Waals surface area contributed by atoms with E-state index in [0.717, 1.165) is 18.9 Å². The molecule has 1 unspecified atom stereocenters. The summed E-state index contributed by atoms with van der Waals surface area (Å²) in [7, 11) is -1.34. The van der Waals surface area contributed by atoms with Crippen molar-refractivity contribution in [3.63, 3.8) is 0 Å². The fourth-order valence-corrected chi connectivity index (χ4v) is 3.30. The molecule has 1 aromatic rings. The van der Waals surface area contributed by atoms with Gasteiger partial charge < -0.3 is 14.4 Å². The van der Waals surface area contributed by atoms with Crippen LogP contribution in [-0.2, 0) is 33.7 Å². The minimum absolute atomic E-state index is 0.0252. The Bertz CT molecular complexity index is 787. The number of hydrogen-bond acceptors (Lipinski definition) is 7. The van der Waals surface area contributed by atoms with E-state index in [1.54, 1.807) is 18.2 Å². The summed E-state index contributed by atoms with van der Waals surface area (Å²) < 4.78 is 34.1. The number of carbonyl (C=O) groups is 3. The van der Waals surface area contributed by atoms with Crippen LogP contribution in [0, 0.1) is 0 Å². The number of hydrogen-bond donors (Lipinski definition) is 0. The normalized spacial score (nSPS) is 12.0. The Kier molecular flexibility index (Phi) is 7.51. The van der Waals surface area contributed by atoms with Gasteiger partial charge in [0, 0.05) is 14.0 Å². The fourth-order valence-electron chi connectivity index (χ4n) is 2.02. The highest BCUT2D eigenvalue weighted by Gasteiger charge is 2.28. The van der Waals surface area contributed by atoms with Crippen molar-refractivity contribution in [1.29, 1.82) is 0 Å². The summed E-state index contributed by atoms with van der Waals surface area (Å²) in [6.45, 7) is 4.40. The largest absolute Gasteiger partial charge is 0.466 e. The smallest absolute Gasteiger partial charge is 0.336 e. The van der Waals surface area contributed by atoms with Crippen molar-refractivity contribution >= 4 is 27.7 Å². The van der Waals surface area contributed by atoms with Crippen LogP contribution in [-0.4, -0.2) is 63.7 Å². The van der Waals surface area contributed by atoms with Crippen molar-refractivity contribution in [2.45, 2.75) is 17.9 Å². The highest BCUT2D eigenvalue weighted by Crippen LogP contribution is 2.13. The van der Waals surface area contributed by atoms with Crippen LogP contribution in [0.5, 0.6) is 0 Å². The molecule has 0 saturated heterocycles. The van der Waals surface area contributed by atoms with Gasteiger partial charge in [-0.25, -0.2) is 13.2 Å². The molecule has 0 radical (unpaired) electrons. The Hall–Kier alpha value is -2.68. The van der Waals surface area contributed by atoms with E-state index in [4.69, 9.17) is 4.74 Å².